The van der Waals surface area contributed by atoms with Gasteiger partial charge in [-0.3, -0.25) is 19.7 Å². The van der Waals surface area contributed by atoms with Crippen molar-refractivity contribution in [1.82, 2.24) is 10.7 Å². The molecule has 3 rings (SSSR count). The summed E-state index contributed by atoms with van der Waals surface area (Å²) in [6.45, 7) is 2.67. The van der Waals surface area contributed by atoms with E-state index in [1.807, 2.05) is 61.5 Å². The molecule has 0 aliphatic carbocycles. The number of hydrazone groups is 1. The van der Waals surface area contributed by atoms with E-state index in [0.29, 0.717) is 18.1 Å². The topological polar surface area (TPSA) is 123 Å². The molecule has 1 unspecified atom stereocenters. The number of nitro groups is 1. The van der Waals surface area contributed by atoms with Gasteiger partial charge in [0.05, 0.1) is 17.7 Å². The van der Waals surface area contributed by atoms with Crippen molar-refractivity contribution in [2.45, 2.75) is 25.1 Å². The van der Waals surface area contributed by atoms with Crippen LogP contribution in [-0.4, -0.2) is 41.4 Å². The number of non-ortho nitro benzene ring substituents is 1. The highest BCUT2D eigenvalue weighted by atomic mass is 32.2. The highest BCUT2D eigenvalue weighted by molar-refractivity contribution is 7.98. The number of amides is 2. The van der Waals surface area contributed by atoms with Gasteiger partial charge in [0.2, 0.25) is 0 Å². The largest absolute Gasteiger partial charge is 0.494 e. The van der Waals surface area contributed by atoms with Crippen LogP contribution in [0.25, 0.3) is 0 Å². The Labute approximate surface area is 219 Å². The molecule has 0 aliphatic heterocycles. The maximum absolute atomic E-state index is 12.9. The van der Waals surface area contributed by atoms with Crippen LogP contribution >= 0.6 is 11.8 Å². The van der Waals surface area contributed by atoms with Crippen LogP contribution in [0.1, 0.15) is 34.8 Å². The Bertz CT molecular complexity index is 1200. The normalized spacial score (nSPS) is 11.6. The molecule has 3 aromatic carbocycles. The van der Waals surface area contributed by atoms with Crippen molar-refractivity contribution in [3.8, 4) is 5.75 Å². The van der Waals surface area contributed by atoms with Crippen molar-refractivity contribution in [1.29, 1.82) is 0 Å². The second kappa shape index (κ2) is 14.4. The highest BCUT2D eigenvalue weighted by Gasteiger charge is 2.22. The standard InChI is InChI=1S/C27H28N4O5S/c1-2-16-36-24-14-8-20(9-15-24)17-28-30-27(33)25(19-37-18-21-6-4-3-5-7-21)29-26(32)22-10-12-23(13-11-22)31(34)35/h3-15,17,25H,2,16,18-19H2,1H3,(H,29,32)(H,30,33)/b28-17+. The van der Waals surface area contributed by atoms with Gasteiger partial charge in [-0.1, -0.05) is 37.3 Å². The summed E-state index contributed by atoms with van der Waals surface area (Å²) in [6, 6.07) is 21.4. The molecule has 9 nitrogen and oxygen atoms in total. The lowest BCUT2D eigenvalue weighted by Gasteiger charge is -2.17. The molecule has 0 heterocycles. The molecule has 0 saturated carbocycles. The first-order valence-electron chi connectivity index (χ1n) is 11.7. The van der Waals surface area contributed by atoms with Crippen molar-refractivity contribution < 1.29 is 19.2 Å². The predicted octanol–water partition coefficient (Wildman–Crippen LogP) is 4.57. The molecule has 1 atom stereocenters. The fourth-order valence-corrected chi connectivity index (χ4v) is 4.16. The van der Waals surface area contributed by atoms with Crippen LogP contribution in [0.2, 0.25) is 0 Å². The van der Waals surface area contributed by atoms with Crippen molar-refractivity contribution in [3.05, 3.63) is 106 Å². The molecule has 37 heavy (non-hydrogen) atoms. The summed E-state index contributed by atoms with van der Waals surface area (Å²) in [5.41, 5.74) is 4.45. The van der Waals surface area contributed by atoms with Crippen LogP contribution in [-0.2, 0) is 10.5 Å². The zero-order valence-corrected chi connectivity index (χ0v) is 21.1. The average Bonchev–Trinajstić information content (AvgIpc) is 2.92. The zero-order chi connectivity index (χ0) is 26.5. The number of rotatable bonds is 13. The third-order valence-electron chi connectivity index (χ3n) is 5.10. The summed E-state index contributed by atoms with van der Waals surface area (Å²) in [7, 11) is 0. The lowest BCUT2D eigenvalue weighted by molar-refractivity contribution is -0.384. The van der Waals surface area contributed by atoms with E-state index < -0.39 is 22.8 Å². The Morgan fingerprint density at radius 3 is 2.41 bits per heavy atom. The van der Waals surface area contributed by atoms with Gasteiger partial charge in [0, 0.05) is 29.2 Å². The molecule has 0 fully saturated rings. The van der Waals surface area contributed by atoms with E-state index in [4.69, 9.17) is 4.74 Å². The van der Waals surface area contributed by atoms with Gasteiger partial charge in [0.15, 0.2) is 0 Å². The molecular formula is C27H28N4O5S. The minimum absolute atomic E-state index is 0.122. The summed E-state index contributed by atoms with van der Waals surface area (Å²) < 4.78 is 5.56. The zero-order valence-electron chi connectivity index (χ0n) is 20.3. The smallest absolute Gasteiger partial charge is 0.269 e. The summed E-state index contributed by atoms with van der Waals surface area (Å²) in [5.74, 6) is 0.732. The SMILES string of the molecule is CCCOc1ccc(/C=N/NC(=O)C(CSCc2ccccc2)NC(=O)c2ccc([N+](=O)[O-])cc2)cc1. The molecule has 2 N–H and O–H groups in total. The van der Waals surface area contributed by atoms with Crippen LogP contribution in [0.4, 0.5) is 5.69 Å². The van der Waals surface area contributed by atoms with Crippen LogP contribution in [0, 0.1) is 10.1 Å². The fraction of sp³-hybridized carbons (Fsp3) is 0.222. The Balaban J connectivity index is 1.63. The number of hydrogen-bond acceptors (Lipinski definition) is 7. The van der Waals surface area contributed by atoms with Crippen molar-refractivity contribution in [2.75, 3.05) is 12.4 Å². The van der Waals surface area contributed by atoms with Crippen LogP contribution in [0.3, 0.4) is 0 Å². The minimum Gasteiger partial charge on any atom is -0.494 e. The summed E-state index contributed by atoms with van der Waals surface area (Å²) >= 11 is 1.49. The van der Waals surface area contributed by atoms with E-state index in [1.165, 1.54) is 42.2 Å². The van der Waals surface area contributed by atoms with Crippen molar-refractivity contribution >= 4 is 35.5 Å². The molecule has 0 spiro atoms. The number of nitrogens with one attached hydrogen (secondary N) is 2. The average molecular weight is 521 g/mol. The molecule has 0 aromatic heterocycles. The number of carbonyl (C=O) groups is 2. The number of carbonyl (C=O) groups excluding carboxylic acids is 2. The van der Waals surface area contributed by atoms with E-state index >= 15 is 0 Å². The monoisotopic (exact) mass is 520 g/mol. The molecule has 0 bridgehead atoms. The third kappa shape index (κ3) is 9.08. The van der Waals surface area contributed by atoms with E-state index in [9.17, 15) is 19.7 Å². The maximum atomic E-state index is 12.9. The van der Waals surface area contributed by atoms with Gasteiger partial charge in [-0.05, 0) is 53.9 Å². The molecule has 10 heteroatoms. The van der Waals surface area contributed by atoms with Gasteiger partial charge in [-0.25, -0.2) is 5.43 Å². The first-order chi connectivity index (χ1) is 18.0. The number of thioether (sulfide) groups is 1. The highest BCUT2D eigenvalue weighted by Crippen LogP contribution is 2.15. The van der Waals surface area contributed by atoms with E-state index in [0.717, 1.165) is 23.3 Å². The quantitative estimate of drug-likeness (QED) is 0.193. The summed E-state index contributed by atoms with van der Waals surface area (Å²) in [5, 5.41) is 17.6. The van der Waals surface area contributed by atoms with Gasteiger partial charge >= 0.3 is 0 Å². The van der Waals surface area contributed by atoms with Gasteiger partial charge in [-0.2, -0.15) is 16.9 Å². The number of nitrogens with zero attached hydrogens (tertiary/aromatic N) is 2. The first kappa shape index (κ1) is 27.4. The third-order valence-corrected chi connectivity index (χ3v) is 6.21. The summed E-state index contributed by atoms with van der Waals surface area (Å²) in [4.78, 5) is 36.0. The molecule has 2 amide bonds. The van der Waals surface area contributed by atoms with Gasteiger partial charge in [0.25, 0.3) is 17.5 Å². The second-order valence-electron chi connectivity index (χ2n) is 7.98. The van der Waals surface area contributed by atoms with Crippen molar-refractivity contribution in [2.24, 2.45) is 5.10 Å². The maximum Gasteiger partial charge on any atom is 0.269 e. The molecular weight excluding hydrogens is 492 g/mol. The minimum atomic E-state index is -0.877. The lowest BCUT2D eigenvalue weighted by Crippen LogP contribution is -2.47. The number of benzene rings is 3. The second-order valence-corrected chi connectivity index (χ2v) is 9.01. The van der Waals surface area contributed by atoms with E-state index in [2.05, 4.69) is 15.8 Å². The van der Waals surface area contributed by atoms with Gasteiger partial charge in [0.1, 0.15) is 11.8 Å². The molecule has 0 aliphatic rings. The Hall–Kier alpha value is -4.18. The fourth-order valence-electron chi connectivity index (χ4n) is 3.15. The first-order valence-corrected chi connectivity index (χ1v) is 12.8. The van der Waals surface area contributed by atoms with Gasteiger partial charge < -0.3 is 10.1 Å². The van der Waals surface area contributed by atoms with Crippen LogP contribution in [0.15, 0.2) is 84.0 Å². The molecule has 0 saturated heterocycles. The van der Waals surface area contributed by atoms with Crippen molar-refractivity contribution in [3.63, 3.8) is 0 Å². The molecule has 3 aromatic rings. The van der Waals surface area contributed by atoms with Crippen LogP contribution in [0.5, 0.6) is 5.75 Å². The van der Waals surface area contributed by atoms with Gasteiger partial charge in [-0.15, -0.1) is 0 Å². The predicted molar refractivity (Wildman–Crippen MR) is 145 cm³/mol. The molecule has 0 radical (unpaired) electrons. The number of hydrogen-bond donors (Lipinski definition) is 2. The van der Waals surface area contributed by atoms with Crippen LogP contribution < -0.4 is 15.5 Å². The number of ether oxygens (including phenoxy) is 1. The Kier molecular flexibility index (Phi) is 10.7. The molecule has 192 valence electrons. The summed E-state index contributed by atoms with van der Waals surface area (Å²) in [6.07, 6.45) is 2.43. The van der Waals surface area contributed by atoms with E-state index in [-0.39, 0.29) is 11.3 Å². The Morgan fingerprint density at radius 1 is 1.05 bits per heavy atom. The number of nitro benzene ring substituents is 1. The lowest BCUT2D eigenvalue weighted by atomic mass is 10.2. The van der Waals surface area contributed by atoms with E-state index in [1.54, 1.807) is 0 Å². The Morgan fingerprint density at radius 2 is 1.76 bits per heavy atom.